The van der Waals surface area contributed by atoms with Crippen molar-refractivity contribution in [3.63, 3.8) is 0 Å². The maximum absolute atomic E-state index is 11.2. The van der Waals surface area contributed by atoms with E-state index in [1.54, 1.807) is 13.1 Å². The Kier molecular flexibility index (Phi) is 2.80. The number of carbonyl (C=O) groups excluding carboxylic acids is 2. The Morgan fingerprint density at radius 3 is 3.00 bits per heavy atom. The molecule has 0 heterocycles. The van der Waals surface area contributed by atoms with Crippen LogP contribution in [0.4, 0.5) is 0 Å². The Morgan fingerprint density at radius 1 is 1.67 bits per heavy atom. The van der Waals surface area contributed by atoms with Crippen molar-refractivity contribution in [1.29, 1.82) is 0 Å². The van der Waals surface area contributed by atoms with Gasteiger partial charge in [-0.2, -0.15) is 0 Å². The van der Waals surface area contributed by atoms with Crippen molar-refractivity contribution >= 4 is 12.2 Å². The van der Waals surface area contributed by atoms with Crippen LogP contribution in [0, 0.1) is 0 Å². The van der Waals surface area contributed by atoms with Gasteiger partial charge in [-0.25, -0.2) is 0 Å². The second kappa shape index (κ2) is 3.85. The average molecular weight is 165 g/mol. The van der Waals surface area contributed by atoms with Crippen molar-refractivity contribution in [1.82, 2.24) is 5.32 Å². The van der Waals surface area contributed by atoms with Crippen LogP contribution in [-0.4, -0.2) is 19.2 Å². The molecular weight excluding hydrogens is 154 g/mol. The van der Waals surface area contributed by atoms with E-state index < -0.39 is 0 Å². The standard InChI is InChI=1S/C9H11NO2/c1-10-9(12)8-5-3-2-4-7(8)6-11/h3,5-6H,2,4H2,1H3,(H,10,12). The first-order valence-corrected chi connectivity index (χ1v) is 3.86. The lowest BCUT2D eigenvalue weighted by Crippen LogP contribution is -2.21. The molecule has 0 aromatic rings. The Labute approximate surface area is 71.1 Å². The summed E-state index contributed by atoms with van der Waals surface area (Å²) < 4.78 is 0. The molecule has 1 aliphatic carbocycles. The molecule has 0 bridgehead atoms. The summed E-state index contributed by atoms with van der Waals surface area (Å²) in [6, 6.07) is 0. The number of aldehydes is 1. The van der Waals surface area contributed by atoms with Gasteiger partial charge in [-0.1, -0.05) is 12.2 Å². The predicted octanol–water partition coefficient (Wildman–Crippen LogP) is 0.578. The maximum atomic E-state index is 11.2. The molecule has 0 spiro atoms. The summed E-state index contributed by atoms with van der Waals surface area (Å²) in [6.07, 6.45) is 5.87. The molecule has 0 atom stereocenters. The molecule has 1 N–H and O–H groups in total. The van der Waals surface area contributed by atoms with Gasteiger partial charge in [0.2, 0.25) is 0 Å². The summed E-state index contributed by atoms with van der Waals surface area (Å²) in [6.45, 7) is 0. The van der Waals surface area contributed by atoms with Crippen LogP contribution in [-0.2, 0) is 9.59 Å². The van der Waals surface area contributed by atoms with Crippen LogP contribution in [0.3, 0.4) is 0 Å². The predicted molar refractivity (Wildman–Crippen MR) is 45.5 cm³/mol. The van der Waals surface area contributed by atoms with Crippen molar-refractivity contribution in [2.24, 2.45) is 0 Å². The monoisotopic (exact) mass is 165 g/mol. The number of allylic oxidation sites excluding steroid dienone is 2. The molecule has 0 aliphatic heterocycles. The van der Waals surface area contributed by atoms with Crippen LogP contribution in [0.5, 0.6) is 0 Å². The van der Waals surface area contributed by atoms with Gasteiger partial charge < -0.3 is 5.32 Å². The summed E-state index contributed by atoms with van der Waals surface area (Å²) >= 11 is 0. The number of nitrogens with one attached hydrogen (secondary N) is 1. The van der Waals surface area contributed by atoms with Gasteiger partial charge >= 0.3 is 0 Å². The van der Waals surface area contributed by atoms with Crippen LogP contribution in [0.1, 0.15) is 12.8 Å². The highest BCUT2D eigenvalue weighted by Gasteiger charge is 2.12. The molecule has 0 radical (unpaired) electrons. The molecule has 0 saturated carbocycles. The van der Waals surface area contributed by atoms with Crippen LogP contribution in [0.2, 0.25) is 0 Å². The zero-order chi connectivity index (χ0) is 8.97. The minimum Gasteiger partial charge on any atom is -0.355 e. The first-order chi connectivity index (χ1) is 5.79. The number of amides is 1. The molecule has 64 valence electrons. The topological polar surface area (TPSA) is 46.2 Å². The fourth-order valence-corrected chi connectivity index (χ4v) is 1.16. The minimum absolute atomic E-state index is 0.187. The van der Waals surface area contributed by atoms with Gasteiger partial charge in [0.1, 0.15) is 6.29 Å². The zero-order valence-electron chi connectivity index (χ0n) is 6.96. The number of carbonyl (C=O) groups is 2. The SMILES string of the molecule is CNC(=O)C1=C(C=O)CCC=C1. The quantitative estimate of drug-likeness (QED) is 0.608. The van der Waals surface area contributed by atoms with Gasteiger partial charge in [0, 0.05) is 18.2 Å². The summed E-state index contributed by atoms with van der Waals surface area (Å²) in [4.78, 5) is 21.7. The Hall–Kier alpha value is -1.38. The maximum Gasteiger partial charge on any atom is 0.251 e. The molecule has 0 aromatic heterocycles. The fourth-order valence-electron chi connectivity index (χ4n) is 1.16. The van der Waals surface area contributed by atoms with Gasteiger partial charge in [0.25, 0.3) is 5.91 Å². The molecule has 12 heavy (non-hydrogen) atoms. The smallest absolute Gasteiger partial charge is 0.251 e. The van der Waals surface area contributed by atoms with E-state index in [1.165, 1.54) is 0 Å². The molecule has 1 amide bonds. The Balaban J connectivity index is 2.95. The lowest BCUT2D eigenvalue weighted by Gasteiger charge is -2.09. The van der Waals surface area contributed by atoms with Crippen LogP contribution in [0.15, 0.2) is 23.3 Å². The molecule has 1 rings (SSSR count). The molecule has 3 heteroatoms. The van der Waals surface area contributed by atoms with Crippen LogP contribution >= 0.6 is 0 Å². The molecule has 0 saturated heterocycles. The normalized spacial score (nSPS) is 16.1. The van der Waals surface area contributed by atoms with E-state index in [0.29, 0.717) is 17.6 Å². The lowest BCUT2D eigenvalue weighted by atomic mass is 9.98. The third-order valence-electron chi connectivity index (χ3n) is 1.82. The molecular formula is C9H11NO2. The number of rotatable bonds is 2. The first kappa shape index (κ1) is 8.71. The van der Waals surface area contributed by atoms with E-state index in [4.69, 9.17) is 0 Å². The average Bonchev–Trinajstić information content (AvgIpc) is 2.16. The highest BCUT2D eigenvalue weighted by molar-refractivity contribution is 6.01. The molecule has 1 aliphatic rings. The summed E-state index contributed by atoms with van der Waals surface area (Å²) in [7, 11) is 1.56. The van der Waals surface area contributed by atoms with Crippen molar-refractivity contribution in [2.45, 2.75) is 12.8 Å². The van der Waals surface area contributed by atoms with Gasteiger partial charge in [-0.3, -0.25) is 9.59 Å². The fraction of sp³-hybridized carbons (Fsp3) is 0.333. The van der Waals surface area contributed by atoms with Crippen molar-refractivity contribution in [3.8, 4) is 0 Å². The van der Waals surface area contributed by atoms with E-state index in [-0.39, 0.29) is 5.91 Å². The number of hydrogen-bond donors (Lipinski definition) is 1. The molecule has 0 fully saturated rings. The summed E-state index contributed by atoms with van der Waals surface area (Å²) in [5.41, 5.74) is 1.09. The molecule has 0 unspecified atom stereocenters. The van der Waals surface area contributed by atoms with E-state index in [9.17, 15) is 9.59 Å². The summed E-state index contributed by atoms with van der Waals surface area (Å²) in [5, 5.41) is 2.49. The van der Waals surface area contributed by atoms with Gasteiger partial charge in [-0.05, 0) is 12.8 Å². The zero-order valence-corrected chi connectivity index (χ0v) is 6.96. The van der Waals surface area contributed by atoms with Crippen molar-refractivity contribution in [2.75, 3.05) is 7.05 Å². The van der Waals surface area contributed by atoms with Crippen molar-refractivity contribution < 1.29 is 9.59 Å². The Bertz CT molecular complexity index is 264. The number of hydrogen-bond acceptors (Lipinski definition) is 2. The third-order valence-corrected chi connectivity index (χ3v) is 1.82. The third kappa shape index (κ3) is 1.61. The van der Waals surface area contributed by atoms with Crippen LogP contribution < -0.4 is 5.32 Å². The van der Waals surface area contributed by atoms with E-state index >= 15 is 0 Å². The second-order valence-corrected chi connectivity index (χ2v) is 2.58. The largest absolute Gasteiger partial charge is 0.355 e. The molecule has 0 aromatic carbocycles. The Morgan fingerprint density at radius 2 is 2.42 bits per heavy atom. The highest BCUT2D eigenvalue weighted by Crippen LogP contribution is 2.16. The van der Waals surface area contributed by atoms with E-state index in [2.05, 4.69) is 5.32 Å². The summed E-state index contributed by atoms with van der Waals surface area (Å²) in [5.74, 6) is -0.187. The van der Waals surface area contributed by atoms with Crippen LogP contribution in [0.25, 0.3) is 0 Å². The van der Waals surface area contributed by atoms with Gasteiger partial charge in [0.15, 0.2) is 0 Å². The van der Waals surface area contributed by atoms with Gasteiger partial charge in [0.05, 0.1) is 0 Å². The van der Waals surface area contributed by atoms with E-state index in [0.717, 1.165) is 12.7 Å². The molecule has 3 nitrogen and oxygen atoms in total. The lowest BCUT2D eigenvalue weighted by molar-refractivity contribution is -0.117. The second-order valence-electron chi connectivity index (χ2n) is 2.58. The van der Waals surface area contributed by atoms with Gasteiger partial charge in [-0.15, -0.1) is 0 Å². The van der Waals surface area contributed by atoms with Crippen molar-refractivity contribution in [3.05, 3.63) is 23.3 Å². The van der Waals surface area contributed by atoms with E-state index in [1.807, 2.05) is 6.08 Å². The minimum atomic E-state index is -0.187. The highest BCUT2D eigenvalue weighted by atomic mass is 16.1. The number of likely N-dealkylation sites (N-methyl/N-ethyl adjacent to an activating group) is 1. The first-order valence-electron chi connectivity index (χ1n) is 3.86.